The lowest BCUT2D eigenvalue weighted by Gasteiger charge is -1.90. The molecule has 0 unspecified atom stereocenters. The van der Waals surface area contributed by atoms with Crippen molar-refractivity contribution in [2.45, 2.75) is 0 Å². The van der Waals surface area contributed by atoms with Crippen molar-refractivity contribution in [3.63, 3.8) is 0 Å². The number of aliphatic imine (C=N–C) groups is 1. The second-order valence-corrected chi connectivity index (χ2v) is 3.80. The molecule has 0 aliphatic carbocycles. The van der Waals surface area contributed by atoms with E-state index in [0.717, 1.165) is 17.3 Å². The Kier molecular flexibility index (Phi) is 2.77. The van der Waals surface area contributed by atoms with Crippen LogP contribution in [-0.2, 0) is 0 Å². The van der Waals surface area contributed by atoms with Gasteiger partial charge in [0, 0.05) is 24.7 Å². The molecule has 1 aromatic heterocycles. The van der Waals surface area contributed by atoms with E-state index < -0.39 is 0 Å². The summed E-state index contributed by atoms with van der Waals surface area (Å²) < 4.78 is 0. The lowest BCUT2D eigenvalue weighted by Crippen LogP contribution is -1.79. The predicted octanol–water partition coefficient (Wildman–Crippen LogP) is 2.24. The van der Waals surface area contributed by atoms with E-state index in [1.54, 1.807) is 12.4 Å². The summed E-state index contributed by atoms with van der Waals surface area (Å²) in [4.78, 5) is 8.28. The van der Waals surface area contributed by atoms with Crippen LogP contribution in [0.15, 0.2) is 35.6 Å². The molecule has 0 saturated heterocycles. The van der Waals surface area contributed by atoms with Crippen LogP contribution in [-0.4, -0.2) is 22.3 Å². The molecule has 1 aromatic rings. The first-order valence-electron chi connectivity index (χ1n) is 4.20. The van der Waals surface area contributed by atoms with Gasteiger partial charge in [0.2, 0.25) is 0 Å². The molecule has 0 saturated carbocycles. The van der Waals surface area contributed by atoms with Crippen LogP contribution < -0.4 is 0 Å². The summed E-state index contributed by atoms with van der Waals surface area (Å²) in [5.74, 6) is 1.12. The van der Waals surface area contributed by atoms with Crippen LogP contribution in [0.2, 0.25) is 0 Å². The van der Waals surface area contributed by atoms with Crippen molar-refractivity contribution >= 4 is 22.9 Å². The van der Waals surface area contributed by atoms with Crippen LogP contribution in [0, 0.1) is 0 Å². The van der Waals surface area contributed by atoms with Gasteiger partial charge in [0.25, 0.3) is 0 Å². The van der Waals surface area contributed by atoms with Gasteiger partial charge >= 0.3 is 0 Å². The summed E-state index contributed by atoms with van der Waals surface area (Å²) >= 11 is 1.81. The highest BCUT2D eigenvalue weighted by Crippen LogP contribution is 2.13. The molecule has 1 aliphatic heterocycles. The Bertz CT molecular complexity index is 330. The number of aromatic nitrogens is 1. The summed E-state index contributed by atoms with van der Waals surface area (Å²) in [6.07, 6.45) is 7.72. The van der Waals surface area contributed by atoms with Gasteiger partial charge in [-0.05, 0) is 23.8 Å². The smallest absolute Gasteiger partial charge is 0.0905 e. The first-order valence-corrected chi connectivity index (χ1v) is 5.19. The number of hydrogen-bond acceptors (Lipinski definition) is 3. The maximum absolute atomic E-state index is 4.33. The van der Waals surface area contributed by atoms with E-state index in [9.17, 15) is 0 Å². The highest BCUT2D eigenvalue weighted by molar-refractivity contribution is 8.14. The SMILES string of the molecule is C(=C/c1ccncc1)/C1=NCCS1. The van der Waals surface area contributed by atoms with E-state index in [1.165, 1.54) is 5.56 Å². The monoisotopic (exact) mass is 190 g/mol. The number of nitrogens with zero attached hydrogens (tertiary/aromatic N) is 2. The maximum atomic E-state index is 4.33. The quantitative estimate of drug-likeness (QED) is 0.714. The van der Waals surface area contributed by atoms with Crippen molar-refractivity contribution in [2.75, 3.05) is 12.3 Å². The lowest BCUT2D eigenvalue weighted by atomic mass is 10.2. The van der Waals surface area contributed by atoms with Crippen molar-refractivity contribution in [3.8, 4) is 0 Å². The zero-order valence-electron chi connectivity index (χ0n) is 7.18. The van der Waals surface area contributed by atoms with Gasteiger partial charge in [-0.1, -0.05) is 6.08 Å². The fourth-order valence-electron chi connectivity index (χ4n) is 1.09. The van der Waals surface area contributed by atoms with Gasteiger partial charge in [0.15, 0.2) is 0 Å². The second-order valence-electron chi connectivity index (χ2n) is 2.68. The summed E-state index contributed by atoms with van der Waals surface area (Å²) in [5.41, 5.74) is 1.17. The number of thioether (sulfide) groups is 1. The Hall–Kier alpha value is -1.09. The van der Waals surface area contributed by atoms with Crippen LogP contribution in [0.3, 0.4) is 0 Å². The Morgan fingerprint density at radius 2 is 2.08 bits per heavy atom. The molecule has 0 radical (unpaired) electrons. The Morgan fingerprint density at radius 3 is 2.77 bits per heavy atom. The first-order chi connectivity index (χ1) is 6.45. The average Bonchev–Trinajstić information content (AvgIpc) is 2.69. The van der Waals surface area contributed by atoms with Crippen molar-refractivity contribution in [1.29, 1.82) is 0 Å². The highest BCUT2D eigenvalue weighted by atomic mass is 32.2. The zero-order valence-corrected chi connectivity index (χ0v) is 8.00. The van der Waals surface area contributed by atoms with Gasteiger partial charge in [0.05, 0.1) is 5.04 Å². The summed E-state index contributed by atoms with van der Waals surface area (Å²) in [6.45, 7) is 0.959. The molecule has 2 nitrogen and oxygen atoms in total. The molecule has 66 valence electrons. The largest absolute Gasteiger partial charge is 0.278 e. The standard InChI is InChI=1S/C10H10N2S/c1(2-10-12-7-8-13-10)9-3-5-11-6-4-9/h1-6H,7-8H2/b2-1-. The molecule has 2 rings (SSSR count). The molecule has 3 heteroatoms. The lowest BCUT2D eigenvalue weighted by molar-refractivity contribution is 1.18. The first kappa shape index (κ1) is 8.51. The topological polar surface area (TPSA) is 25.2 Å². The zero-order chi connectivity index (χ0) is 8.93. The van der Waals surface area contributed by atoms with Gasteiger partial charge in [-0.25, -0.2) is 0 Å². The van der Waals surface area contributed by atoms with Crippen LogP contribution >= 0.6 is 11.8 Å². The van der Waals surface area contributed by atoms with Gasteiger partial charge in [-0.15, -0.1) is 11.8 Å². The molecular weight excluding hydrogens is 180 g/mol. The molecule has 1 aliphatic rings. The Balaban J connectivity index is 2.05. The van der Waals surface area contributed by atoms with E-state index in [1.807, 2.05) is 23.9 Å². The van der Waals surface area contributed by atoms with Crippen LogP contribution in [0.25, 0.3) is 6.08 Å². The summed E-state index contributed by atoms with van der Waals surface area (Å²) in [5, 5.41) is 1.14. The molecule has 0 fully saturated rings. The van der Waals surface area contributed by atoms with Crippen molar-refractivity contribution in [2.24, 2.45) is 4.99 Å². The number of hydrogen-bond donors (Lipinski definition) is 0. The third-order valence-corrected chi connectivity index (χ3v) is 2.68. The molecule has 0 spiro atoms. The molecule has 2 heterocycles. The third-order valence-electron chi connectivity index (χ3n) is 1.73. The van der Waals surface area contributed by atoms with Gasteiger partial charge < -0.3 is 0 Å². The highest BCUT2D eigenvalue weighted by Gasteiger charge is 2.01. The normalized spacial score (nSPS) is 16.5. The molecule has 0 bridgehead atoms. The molecule has 13 heavy (non-hydrogen) atoms. The molecule has 0 amide bonds. The average molecular weight is 190 g/mol. The Labute approximate surface area is 81.8 Å². The maximum Gasteiger partial charge on any atom is 0.0905 e. The van der Waals surface area contributed by atoms with Crippen molar-refractivity contribution in [3.05, 3.63) is 36.2 Å². The predicted molar refractivity (Wildman–Crippen MR) is 58.0 cm³/mol. The fourth-order valence-corrected chi connectivity index (χ4v) is 1.83. The molecule has 0 aromatic carbocycles. The molecule has 0 N–H and O–H groups in total. The molecular formula is C10H10N2S. The summed E-state index contributed by atoms with van der Waals surface area (Å²) in [6, 6.07) is 3.97. The minimum absolute atomic E-state index is 0.959. The van der Waals surface area contributed by atoms with Crippen molar-refractivity contribution in [1.82, 2.24) is 4.98 Å². The Morgan fingerprint density at radius 1 is 1.23 bits per heavy atom. The van der Waals surface area contributed by atoms with E-state index in [4.69, 9.17) is 0 Å². The minimum atomic E-state index is 0.959. The van der Waals surface area contributed by atoms with E-state index in [-0.39, 0.29) is 0 Å². The van der Waals surface area contributed by atoms with E-state index in [0.29, 0.717) is 0 Å². The fraction of sp³-hybridized carbons (Fsp3) is 0.200. The second kappa shape index (κ2) is 4.23. The molecule has 0 atom stereocenters. The van der Waals surface area contributed by atoms with Gasteiger partial charge in [0.1, 0.15) is 0 Å². The third kappa shape index (κ3) is 2.42. The summed E-state index contributed by atoms with van der Waals surface area (Å²) in [7, 11) is 0. The minimum Gasteiger partial charge on any atom is -0.278 e. The van der Waals surface area contributed by atoms with Crippen LogP contribution in [0.5, 0.6) is 0 Å². The number of pyridine rings is 1. The van der Waals surface area contributed by atoms with Gasteiger partial charge in [-0.3, -0.25) is 9.98 Å². The van der Waals surface area contributed by atoms with Crippen molar-refractivity contribution < 1.29 is 0 Å². The van der Waals surface area contributed by atoms with Crippen LogP contribution in [0.4, 0.5) is 0 Å². The number of rotatable bonds is 2. The van der Waals surface area contributed by atoms with Gasteiger partial charge in [-0.2, -0.15) is 0 Å². The van der Waals surface area contributed by atoms with E-state index in [2.05, 4.69) is 22.1 Å². The van der Waals surface area contributed by atoms with E-state index >= 15 is 0 Å². The van der Waals surface area contributed by atoms with Crippen LogP contribution in [0.1, 0.15) is 5.56 Å².